The summed E-state index contributed by atoms with van der Waals surface area (Å²) < 4.78 is 12.1. The Balaban J connectivity index is 1.65. The van der Waals surface area contributed by atoms with Gasteiger partial charge in [-0.15, -0.1) is 22.9 Å². The van der Waals surface area contributed by atoms with Crippen molar-refractivity contribution in [3.8, 4) is 5.75 Å². The van der Waals surface area contributed by atoms with E-state index in [0.717, 1.165) is 15.6 Å². The first-order chi connectivity index (χ1) is 19.4. The second-order valence-electron chi connectivity index (χ2n) is 11.5. The molecule has 220 valence electrons. The number of amides is 2. The molecule has 1 aliphatic rings. The molecule has 3 aromatic rings. The number of ether oxygens (including phenoxy) is 2. The zero-order valence-corrected chi connectivity index (χ0v) is 25.8. The Morgan fingerprint density at radius 3 is 2.34 bits per heavy atom. The number of hydrogen-bond donors (Lipinski definition) is 2. The standard InChI is InChI=1S/C30H38BClN2O6S/c1-30(2,3)40-29(36)33(4)21-11-13-22(14-12-21)34(18-19-16-20(31(37)38)10-15-25(19)39-5)28(35)27-24(17-32)23-8-6-7-9-26(23)41-27/h6-10,15-16,21-22,37-38H,11-14,17-18H2,1-5H3. The number of methoxy groups -OCH3 is 1. The highest BCUT2D eigenvalue weighted by molar-refractivity contribution is 7.21. The van der Waals surface area contributed by atoms with Gasteiger partial charge >= 0.3 is 13.2 Å². The smallest absolute Gasteiger partial charge is 0.488 e. The molecule has 0 spiro atoms. The van der Waals surface area contributed by atoms with E-state index in [1.165, 1.54) is 11.3 Å². The topological polar surface area (TPSA) is 99.5 Å². The number of thiophene rings is 1. The molecule has 1 aromatic heterocycles. The van der Waals surface area contributed by atoms with E-state index >= 15 is 0 Å². The Labute approximate surface area is 250 Å². The van der Waals surface area contributed by atoms with Gasteiger partial charge in [-0.1, -0.05) is 30.3 Å². The summed E-state index contributed by atoms with van der Waals surface area (Å²) in [6, 6.07) is 12.7. The van der Waals surface area contributed by atoms with Gasteiger partial charge in [-0.3, -0.25) is 4.79 Å². The molecule has 1 saturated carbocycles. The molecule has 8 nitrogen and oxygen atoms in total. The van der Waals surface area contributed by atoms with Crippen LogP contribution in [0.25, 0.3) is 10.1 Å². The summed E-state index contributed by atoms with van der Waals surface area (Å²) in [5.41, 5.74) is 1.23. The molecule has 0 radical (unpaired) electrons. The lowest BCUT2D eigenvalue weighted by Gasteiger charge is -2.40. The van der Waals surface area contributed by atoms with Crippen molar-refractivity contribution in [2.45, 2.75) is 76.6 Å². The minimum absolute atomic E-state index is 0.00295. The number of halogens is 1. The Morgan fingerprint density at radius 1 is 1.07 bits per heavy atom. The third-order valence-electron chi connectivity index (χ3n) is 7.57. The lowest BCUT2D eigenvalue weighted by atomic mass is 9.79. The van der Waals surface area contributed by atoms with Crippen LogP contribution in [0.1, 0.15) is 67.3 Å². The lowest BCUT2D eigenvalue weighted by molar-refractivity contribution is 0.0144. The van der Waals surface area contributed by atoms with Crippen LogP contribution in [0.2, 0.25) is 0 Å². The van der Waals surface area contributed by atoms with Gasteiger partial charge in [-0.25, -0.2) is 4.79 Å². The molecule has 4 rings (SSSR count). The molecule has 0 saturated heterocycles. The van der Waals surface area contributed by atoms with E-state index in [1.807, 2.05) is 49.9 Å². The zero-order chi connectivity index (χ0) is 29.9. The first-order valence-corrected chi connectivity index (χ1v) is 15.1. The van der Waals surface area contributed by atoms with Gasteiger partial charge < -0.3 is 29.3 Å². The van der Waals surface area contributed by atoms with Crippen molar-refractivity contribution in [1.82, 2.24) is 9.80 Å². The predicted molar refractivity (Wildman–Crippen MR) is 164 cm³/mol. The van der Waals surface area contributed by atoms with Gasteiger partial charge in [0.2, 0.25) is 0 Å². The fourth-order valence-corrected chi connectivity index (χ4v) is 6.94. The molecule has 0 bridgehead atoms. The molecule has 0 unspecified atom stereocenters. The van der Waals surface area contributed by atoms with Gasteiger partial charge in [0.1, 0.15) is 11.4 Å². The first-order valence-electron chi connectivity index (χ1n) is 13.8. The summed E-state index contributed by atoms with van der Waals surface area (Å²) >= 11 is 7.83. The van der Waals surface area contributed by atoms with Crippen LogP contribution in [0.3, 0.4) is 0 Å². The second kappa shape index (κ2) is 13.0. The molecular formula is C30H38BClN2O6S. The highest BCUT2D eigenvalue weighted by atomic mass is 35.5. The summed E-state index contributed by atoms with van der Waals surface area (Å²) in [7, 11) is 1.67. The molecule has 0 aliphatic heterocycles. The minimum atomic E-state index is -1.65. The first kappa shape index (κ1) is 31.2. The highest BCUT2D eigenvalue weighted by Crippen LogP contribution is 2.36. The van der Waals surface area contributed by atoms with Crippen LogP contribution in [0.4, 0.5) is 4.79 Å². The molecule has 2 aromatic carbocycles. The fraction of sp³-hybridized carbons (Fsp3) is 0.467. The van der Waals surface area contributed by atoms with Crippen molar-refractivity contribution in [1.29, 1.82) is 0 Å². The number of hydrogen-bond acceptors (Lipinski definition) is 7. The van der Waals surface area contributed by atoms with Gasteiger partial charge in [-0.2, -0.15) is 0 Å². The van der Waals surface area contributed by atoms with E-state index < -0.39 is 12.7 Å². The van der Waals surface area contributed by atoms with Crippen LogP contribution in [0.15, 0.2) is 42.5 Å². The van der Waals surface area contributed by atoms with Crippen molar-refractivity contribution in [3.05, 3.63) is 58.5 Å². The maximum Gasteiger partial charge on any atom is 0.488 e. The largest absolute Gasteiger partial charge is 0.496 e. The van der Waals surface area contributed by atoms with Gasteiger partial charge in [0.05, 0.1) is 12.0 Å². The number of rotatable bonds is 8. The van der Waals surface area contributed by atoms with E-state index in [2.05, 4.69) is 0 Å². The minimum Gasteiger partial charge on any atom is -0.496 e. The molecule has 11 heteroatoms. The number of benzene rings is 2. The second-order valence-corrected chi connectivity index (χ2v) is 12.8. The molecule has 1 heterocycles. The van der Waals surface area contributed by atoms with E-state index in [9.17, 15) is 19.6 Å². The molecular weight excluding hydrogens is 563 g/mol. The molecule has 1 aliphatic carbocycles. The summed E-state index contributed by atoms with van der Waals surface area (Å²) in [4.78, 5) is 31.2. The Bertz CT molecular complexity index is 1380. The zero-order valence-electron chi connectivity index (χ0n) is 24.2. The molecule has 0 atom stereocenters. The van der Waals surface area contributed by atoms with Crippen LogP contribution in [0.5, 0.6) is 5.75 Å². The quantitative estimate of drug-likeness (QED) is 0.274. The van der Waals surface area contributed by atoms with Gasteiger partial charge in [0, 0.05) is 41.8 Å². The fourth-order valence-electron chi connectivity index (χ4n) is 5.41. The van der Waals surface area contributed by atoms with E-state index in [1.54, 1.807) is 37.3 Å². The van der Waals surface area contributed by atoms with Crippen LogP contribution in [-0.2, 0) is 17.2 Å². The molecule has 41 heavy (non-hydrogen) atoms. The third-order valence-corrected chi connectivity index (χ3v) is 9.03. The van der Waals surface area contributed by atoms with Crippen molar-refractivity contribution in [3.63, 3.8) is 0 Å². The van der Waals surface area contributed by atoms with Crippen LogP contribution < -0.4 is 10.2 Å². The number of nitrogens with zero attached hydrogens (tertiary/aromatic N) is 2. The Morgan fingerprint density at radius 2 is 1.73 bits per heavy atom. The SMILES string of the molecule is COc1ccc(B(O)O)cc1CN(C(=O)c1sc2ccccc2c1CCl)C1CCC(N(C)C(=O)OC(C)(C)C)CC1. The van der Waals surface area contributed by atoms with E-state index in [0.29, 0.717) is 47.3 Å². The Kier molecular flexibility index (Phi) is 9.90. The molecule has 2 N–H and O–H groups in total. The average molecular weight is 601 g/mol. The van der Waals surface area contributed by atoms with Crippen LogP contribution in [-0.4, -0.2) is 70.8 Å². The van der Waals surface area contributed by atoms with E-state index in [4.69, 9.17) is 21.1 Å². The maximum absolute atomic E-state index is 14.4. The monoisotopic (exact) mass is 600 g/mol. The van der Waals surface area contributed by atoms with Crippen molar-refractivity contribution >= 4 is 57.6 Å². The van der Waals surface area contributed by atoms with Gasteiger partial charge in [-0.05, 0) is 75.0 Å². The van der Waals surface area contributed by atoms with Crippen molar-refractivity contribution in [2.75, 3.05) is 14.2 Å². The van der Waals surface area contributed by atoms with Gasteiger partial charge in [0.25, 0.3) is 5.91 Å². The third kappa shape index (κ3) is 7.17. The van der Waals surface area contributed by atoms with Crippen LogP contribution >= 0.6 is 22.9 Å². The summed E-state index contributed by atoms with van der Waals surface area (Å²) in [5, 5.41) is 20.6. The number of alkyl halides is 1. The number of carbonyl (C=O) groups is 2. The normalized spacial score (nSPS) is 17.3. The lowest BCUT2D eigenvalue weighted by Crippen LogP contribution is -2.47. The summed E-state index contributed by atoms with van der Waals surface area (Å²) in [5.74, 6) is 0.643. The summed E-state index contributed by atoms with van der Waals surface area (Å²) in [6.07, 6.45) is 2.46. The molecule has 1 fully saturated rings. The van der Waals surface area contributed by atoms with Gasteiger partial charge in [0.15, 0.2) is 0 Å². The van der Waals surface area contributed by atoms with E-state index in [-0.39, 0.29) is 36.5 Å². The van der Waals surface area contributed by atoms with Crippen molar-refractivity contribution < 1.29 is 29.1 Å². The number of carbonyl (C=O) groups excluding carboxylic acids is 2. The number of fused-ring (bicyclic) bond motifs is 1. The summed E-state index contributed by atoms with van der Waals surface area (Å²) in [6.45, 7) is 5.76. The molecule has 2 amide bonds. The maximum atomic E-state index is 14.4. The highest BCUT2D eigenvalue weighted by Gasteiger charge is 2.35. The van der Waals surface area contributed by atoms with Crippen molar-refractivity contribution in [2.24, 2.45) is 0 Å². The van der Waals surface area contributed by atoms with Crippen LogP contribution in [0, 0.1) is 0 Å². The Hall–Kier alpha value is -2.79. The predicted octanol–water partition coefficient (Wildman–Crippen LogP) is 5.15. The average Bonchev–Trinajstić information content (AvgIpc) is 3.33.